The Hall–Kier alpha value is -3.27. The van der Waals surface area contributed by atoms with Crippen molar-refractivity contribution in [3.05, 3.63) is 61.6 Å². The Morgan fingerprint density at radius 1 is 1.19 bits per heavy atom. The predicted octanol–water partition coefficient (Wildman–Crippen LogP) is 3.82. The van der Waals surface area contributed by atoms with Gasteiger partial charge in [-0.05, 0) is 50.1 Å². The highest BCUT2D eigenvalue weighted by molar-refractivity contribution is 9.10. The summed E-state index contributed by atoms with van der Waals surface area (Å²) >= 11 is 3.46. The molecular weight excluding hydrogens is 482 g/mol. The zero-order valence-corrected chi connectivity index (χ0v) is 19.4. The van der Waals surface area contributed by atoms with Crippen molar-refractivity contribution in [2.24, 2.45) is 5.92 Å². The minimum atomic E-state index is -0.757. The second-order valence-electron chi connectivity index (χ2n) is 7.71. The summed E-state index contributed by atoms with van der Waals surface area (Å²) in [5.41, 5.74) is 3.23. The quantitative estimate of drug-likeness (QED) is 0.363. The maximum absolute atomic E-state index is 12.4. The molecule has 1 fully saturated rings. The molecule has 0 radical (unpaired) electrons. The highest BCUT2D eigenvalue weighted by Gasteiger charge is 2.37. The second-order valence-corrected chi connectivity index (χ2v) is 8.51. The van der Waals surface area contributed by atoms with Gasteiger partial charge < -0.3 is 15.0 Å². The molecule has 1 aliphatic rings. The van der Waals surface area contributed by atoms with Crippen LogP contribution in [0, 0.1) is 36.8 Å². The Labute approximate surface area is 193 Å². The molecule has 9 nitrogen and oxygen atoms in total. The van der Waals surface area contributed by atoms with E-state index in [-0.39, 0.29) is 24.6 Å². The number of ether oxygens (including phenoxy) is 1. The van der Waals surface area contributed by atoms with Gasteiger partial charge in [-0.15, -0.1) is 0 Å². The van der Waals surface area contributed by atoms with Crippen LogP contribution in [0.25, 0.3) is 0 Å². The molecule has 168 valence electrons. The minimum Gasteiger partial charge on any atom is -0.455 e. The summed E-state index contributed by atoms with van der Waals surface area (Å²) in [4.78, 5) is 49.0. The number of hydrogen-bond donors (Lipinski definition) is 1. The fourth-order valence-corrected chi connectivity index (χ4v) is 3.78. The number of nitrogens with zero attached hydrogens (tertiary/aromatic N) is 2. The van der Waals surface area contributed by atoms with Crippen molar-refractivity contribution in [2.45, 2.75) is 27.2 Å². The Morgan fingerprint density at radius 2 is 1.84 bits per heavy atom. The van der Waals surface area contributed by atoms with E-state index in [1.165, 1.54) is 11.0 Å². The van der Waals surface area contributed by atoms with Crippen molar-refractivity contribution < 1.29 is 24.0 Å². The number of nitrogens with one attached hydrogen (secondary N) is 1. The van der Waals surface area contributed by atoms with Crippen LogP contribution in [0.3, 0.4) is 0 Å². The van der Waals surface area contributed by atoms with E-state index in [9.17, 15) is 24.5 Å². The summed E-state index contributed by atoms with van der Waals surface area (Å²) in [6.07, 6.45) is -0.0901. The first kappa shape index (κ1) is 23.4. The van der Waals surface area contributed by atoms with Crippen molar-refractivity contribution in [3.8, 4) is 0 Å². The number of carbonyl (C=O) groups excluding carboxylic acids is 3. The Bertz CT molecular complexity index is 1090. The third kappa shape index (κ3) is 5.13. The average Bonchev–Trinajstić information content (AvgIpc) is 3.12. The molecule has 1 saturated heterocycles. The molecule has 10 heteroatoms. The number of nitro benzene ring substituents is 1. The summed E-state index contributed by atoms with van der Waals surface area (Å²) in [6.45, 7) is 4.96. The summed E-state index contributed by atoms with van der Waals surface area (Å²) in [5.74, 6) is -2.25. The van der Waals surface area contributed by atoms with Crippen molar-refractivity contribution in [1.82, 2.24) is 0 Å². The Morgan fingerprint density at radius 3 is 2.47 bits per heavy atom. The number of esters is 1. The highest BCUT2D eigenvalue weighted by atomic mass is 79.9. The summed E-state index contributed by atoms with van der Waals surface area (Å²) in [6, 6.07) is 8.07. The first-order valence-electron chi connectivity index (χ1n) is 9.85. The lowest BCUT2D eigenvalue weighted by molar-refractivity contribution is -0.385. The van der Waals surface area contributed by atoms with Crippen LogP contribution in [0.1, 0.15) is 23.1 Å². The number of halogens is 1. The molecule has 2 aromatic rings. The van der Waals surface area contributed by atoms with Gasteiger partial charge in [-0.3, -0.25) is 24.5 Å². The van der Waals surface area contributed by atoms with Gasteiger partial charge in [0.05, 0.1) is 16.5 Å². The lowest BCUT2D eigenvalue weighted by Gasteiger charge is -2.17. The van der Waals surface area contributed by atoms with E-state index in [2.05, 4.69) is 21.2 Å². The van der Waals surface area contributed by atoms with Gasteiger partial charge in [0.25, 0.3) is 11.6 Å². The van der Waals surface area contributed by atoms with Crippen LogP contribution in [0.4, 0.5) is 17.1 Å². The first-order valence-corrected chi connectivity index (χ1v) is 10.6. The Kier molecular flexibility index (Phi) is 6.93. The summed E-state index contributed by atoms with van der Waals surface area (Å²) in [5, 5.41) is 13.8. The van der Waals surface area contributed by atoms with Crippen LogP contribution in [0.15, 0.2) is 34.8 Å². The van der Waals surface area contributed by atoms with Gasteiger partial charge in [0.15, 0.2) is 6.61 Å². The Balaban J connectivity index is 1.58. The van der Waals surface area contributed by atoms with E-state index >= 15 is 0 Å². The van der Waals surface area contributed by atoms with Crippen LogP contribution in [0.2, 0.25) is 0 Å². The van der Waals surface area contributed by atoms with E-state index in [1.807, 2.05) is 13.8 Å². The molecule has 0 saturated carbocycles. The molecule has 2 aromatic carbocycles. The molecule has 32 heavy (non-hydrogen) atoms. The molecule has 1 aliphatic heterocycles. The van der Waals surface area contributed by atoms with Crippen LogP contribution < -0.4 is 10.2 Å². The molecule has 0 bridgehead atoms. The van der Waals surface area contributed by atoms with E-state index in [0.29, 0.717) is 16.9 Å². The van der Waals surface area contributed by atoms with Crippen LogP contribution in [-0.4, -0.2) is 35.9 Å². The van der Waals surface area contributed by atoms with Gasteiger partial charge >= 0.3 is 5.97 Å². The molecule has 0 spiro atoms. The number of nitro groups is 1. The third-order valence-electron chi connectivity index (χ3n) is 5.23. The maximum Gasteiger partial charge on any atom is 0.311 e. The molecule has 2 amide bonds. The second kappa shape index (κ2) is 9.47. The van der Waals surface area contributed by atoms with E-state index in [1.54, 1.807) is 31.2 Å². The van der Waals surface area contributed by atoms with E-state index < -0.39 is 29.3 Å². The lowest BCUT2D eigenvalue weighted by Crippen LogP contribution is -2.28. The normalized spacial score (nSPS) is 15.6. The molecule has 0 aliphatic carbocycles. The number of carbonyl (C=O) groups is 3. The van der Waals surface area contributed by atoms with E-state index in [0.717, 1.165) is 15.6 Å². The van der Waals surface area contributed by atoms with Gasteiger partial charge in [-0.25, -0.2) is 0 Å². The van der Waals surface area contributed by atoms with E-state index in [4.69, 9.17) is 4.74 Å². The fraction of sp³-hybridized carbons (Fsp3) is 0.318. The topological polar surface area (TPSA) is 119 Å². The first-order chi connectivity index (χ1) is 15.1. The third-order valence-corrected chi connectivity index (χ3v) is 6.48. The minimum absolute atomic E-state index is 0.0323. The largest absolute Gasteiger partial charge is 0.455 e. The van der Waals surface area contributed by atoms with Gasteiger partial charge in [-0.1, -0.05) is 22.0 Å². The number of amides is 2. The van der Waals surface area contributed by atoms with Crippen LogP contribution in [-0.2, 0) is 19.1 Å². The number of rotatable bonds is 6. The van der Waals surface area contributed by atoms with Crippen molar-refractivity contribution in [3.63, 3.8) is 0 Å². The zero-order chi connectivity index (χ0) is 23.6. The molecule has 3 rings (SSSR count). The molecule has 1 atom stereocenters. The number of anilines is 2. The molecule has 0 unspecified atom stereocenters. The molecule has 0 aromatic heterocycles. The summed E-state index contributed by atoms with van der Waals surface area (Å²) < 4.78 is 6.07. The maximum atomic E-state index is 12.4. The van der Waals surface area contributed by atoms with Crippen molar-refractivity contribution in [2.75, 3.05) is 23.4 Å². The SMILES string of the molecule is Cc1ccc(N2C[C@H](C(=O)OCC(=O)Nc3cc(C)c(Br)c(C)c3)CC2=O)cc1[N+](=O)[O-]. The van der Waals surface area contributed by atoms with Crippen molar-refractivity contribution >= 4 is 50.8 Å². The lowest BCUT2D eigenvalue weighted by atomic mass is 10.1. The fourth-order valence-electron chi connectivity index (χ4n) is 3.55. The van der Waals surface area contributed by atoms with Gasteiger partial charge in [0.1, 0.15) is 0 Å². The summed E-state index contributed by atoms with van der Waals surface area (Å²) in [7, 11) is 0. The van der Waals surface area contributed by atoms with Gasteiger partial charge in [-0.2, -0.15) is 0 Å². The molecule has 1 N–H and O–H groups in total. The molecular formula is C22H22BrN3O6. The standard InChI is InChI=1S/C22H22BrN3O6/c1-12-4-5-17(9-18(12)26(30)31)25-10-15(8-20(25)28)22(29)32-11-19(27)24-16-6-13(2)21(23)14(3)7-16/h4-7,9,15H,8,10-11H2,1-3H3,(H,24,27)/t15-/m1/s1. The average molecular weight is 504 g/mol. The molecule has 1 heterocycles. The van der Waals surface area contributed by atoms with Crippen LogP contribution in [0.5, 0.6) is 0 Å². The smallest absolute Gasteiger partial charge is 0.311 e. The van der Waals surface area contributed by atoms with Gasteiger partial charge in [0, 0.05) is 34.8 Å². The van der Waals surface area contributed by atoms with Crippen molar-refractivity contribution in [1.29, 1.82) is 0 Å². The monoisotopic (exact) mass is 503 g/mol. The number of hydrogen-bond acceptors (Lipinski definition) is 6. The highest BCUT2D eigenvalue weighted by Crippen LogP contribution is 2.30. The number of aryl methyl sites for hydroxylation is 3. The van der Waals surface area contributed by atoms with Gasteiger partial charge in [0.2, 0.25) is 5.91 Å². The predicted molar refractivity (Wildman–Crippen MR) is 121 cm³/mol. The zero-order valence-electron chi connectivity index (χ0n) is 17.8. The van der Waals surface area contributed by atoms with Crippen LogP contribution >= 0.6 is 15.9 Å². The number of benzene rings is 2.